The number of rotatable bonds is 8. The minimum atomic E-state index is -0.457. The quantitative estimate of drug-likeness (QED) is 0.288. The molecule has 2 aromatic heterocycles. The molecule has 1 aliphatic rings. The number of nitrogens with two attached hydrogens (primary N) is 1. The van der Waals surface area contributed by atoms with Gasteiger partial charge in [0.05, 0.1) is 6.57 Å². The summed E-state index contributed by atoms with van der Waals surface area (Å²) in [5.74, 6) is 0.259. The summed E-state index contributed by atoms with van der Waals surface area (Å²) >= 11 is 0. The van der Waals surface area contributed by atoms with Crippen molar-refractivity contribution in [3.05, 3.63) is 83.6 Å². The molecule has 182 valence electrons. The lowest BCUT2D eigenvalue weighted by Gasteiger charge is -2.34. The van der Waals surface area contributed by atoms with Gasteiger partial charge in [0.25, 0.3) is 0 Å². The van der Waals surface area contributed by atoms with Gasteiger partial charge in [0.1, 0.15) is 0 Å². The zero-order chi connectivity index (χ0) is 24.9. The first-order valence-corrected chi connectivity index (χ1v) is 12.3. The van der Waals surface area contributed by atoms with E-state index in [-0.39, 0.29) is 0 Å². The van der Waals surface area contributed by atoms with E-state index in [2.05, 4.69) is 35.8 Å². The minimum Gasteiger partial charge on any atom is -0.366 e. The number of hydrogen-bond acceptors (Lipinski definition) is 5. The van der Waals surface area contributed by atoms with Crippen molar-refractivity contribution < 1.29 is 4.79 Å². The Kier molecular flexibility index (Phi) is 6.92. The third kappa shape index (κ3) is 5.07. The number of piperazine rings is 1. The normalized spacial score (nSPS) is 14.1. The number of aromatic amines is 1. The number of hydrogen-bond donors (Lipinski definition) is 2. The van der Waals surface area contributed by atoms with Gasteiger partial charge in [-0.2, -0.15) is 0 Å². The summed E-state index contributed by atoms with van der Waals surface area (Å²) in [6.45, 7) is 12.1. The Morgan fingerprint density at radius 2 is 1.83 bits per heavy atom. The van der Waals surface area contributed by atoms with Gasteiger partial charge in [-0.3, -0.25) is 9.69 Å². The molecule has 0 saturated carbocycles. The van der Waals surface area contributed by atoms with E-state index in [0.29, 0.717) is 17.2 Å². The summed E-state index contributed by atoms with van der Waals surface area (Å²) < 4.78 is 0. The van der Waals surface area contributed by atoms with Gasteiger partial charge in [-0.05, 0) is 60.5 Å². The molecule has 8 nitrogen and oxygen atoms in total. The number of H-pyrrole nitrogens is 1. The van der Waals surface area contributed by atoms with Crippen LogP contribution in [0.25, 0.3) is 26.9 Å². The second-order valence-corrected chi connectivity index (χ2v) is 9.12. The summed E-state index contributed by atoms with van der Waals surface area (Å²) in [5, 5.41) is 1.17. The Balaban J connectivity index is 1.10. The summed E-state index contributed by atoms with van der Waals surface area (Å²) in [6, 6.07) is 13.1. The molecule has 3 heterocycles. The number of carbonyl (C=O) groups excluding carboxylic acids is 1. The maximum atomic E-state index is 11.7. The molecular weight excluding hydrogens is 450 g/mol. The van der Waals surface area contributed by atoms with Crippen LogP contribution in [0, 0.1) is 6.57 Å². The standard InChI is InChI=1S/C28H29N7O/c1-30-22-9-10-26-25(16-22)20(17-31-26)6-4-5-11-34-12-14-35(15-13-34)28-32-18-21(19-33-28)23-7-2-3-8-24(23)27(29)36/h2-3,7-10,16-19,31H,4-6,11-15H2,(H2,29,36). The Labute approximate surface area is 210 Å². The van der Waals surface area contributed by atoms with Crippen LogP contribution in [0.3, 0.4) is 0 Å². The highest BCUT2D eigenvalue weighted by Gasteiger charge is 2.19. The number of fused-ring (bicyclic) bond motifs is 1. The average molecular weight is 480 g/mol. The van der Waals surface area contributed by atoms with Crippen LogP contribution in [0.15, 0.2) is 61.1 Å². The Morgan fingerprint density at radius 1 is 1.06 bits per heavy atom. The molecule has 2 aromatic carbocycles. The molecule has 4 aromatic rings. The average Bonchev–Trinajstić information content (AvgIpc) is 3.33. The topological polar surface area (TPSA) is 95.5 Å². The van der Waals surface area contributed by atoms with Crippen LogP contribution in [-0.4, -0.2) is 58.5 Å². The van der Waals surface area contributed by atoms with Gasteiger partial charge in [-0.25, -0.2) is 14.8 Å². The lowest BCUT2D eigenvalue weighted by molar-refractivity contribution is 0.100. The van der Waals surface area contributed by atoms with Crippen molar-refractivity contribution in [3.8, 4) is 11.1 Å². The van der Waals surface area contributed by atoms with Crippen molar-refractivity contribution in [1.82, 2.24) is 19.9 Å². The van der Waals surface area contributed by atoms with Gasteiger partial charge in [-0.1, -0.05) is 24.3 Å². The highest BCUT2D eigenvalue weighted by Crippen LogP contribution is 2.26. The minimum absolute atomic E-state index is 0.457. The van der Waals surface area contributed by atoms with Crippen LogP contribution in [0.4, 0.5) is 11.6 Å². The maximum absolute atomic E-state index is 11.7. The third-order valence-electron chi connectivity index (χ3n) is 6.85. The molecule has 1 aliphatic heterocycles. The van der Waals surface area contributed by atoms with Crippen LogP contribution in [-0.2, 0) is 6.42 Å². The van der Waals surface area contributed by atoms with Gasteiger partial charge in [-0.15, -0.1) is 0 Å². The zero-order valence-electron chi connectivity index (χ0n) is 20.2. The van der Waals surface area contributed by atoms with Crippen LogP contribution < -0.4 is 10.6 Å². The number of anilines is 1. The number of nitrogens with zero attached hydrogens (tertiary/aromatic N) is 5. The van der Waals surface area contributed by atoms with Crippen molar-refractivity contribution in [2.75, 3.05) is 37.6 Å². The van der Waals surface area contributed by atoms with Gasteiger partial charge in [0, 0.05) is 61.4 Å². The van der Waals surface area contributed by atoms with Gasteiger partial charge in [0.2, 0.25) is 11.9 Å². The van der Waals surface area contributed by atoms with E-state index in [1.807, 2.05) is 30.3 Å². The summed E-state index contributed by atoms with van der Waals surface area (Å²) in [4.78, 5) is 32.4. The molecule has 1 saturated heterocycles. The van der Waals surface area contributed by atoms with E-state index < -0.39 is 5.91 Å². The molecule has 3 N–H and O–H groups in total. The SMILES string of the molecule is [C-]#[N+]c1ccc2[nH]cc(CCCCN3CCN(c4ncc(-c5ccccc5C(N)=O)cn4)CC3)c2c1. The zero-order valence-corrected chi connectivity index (χ0v) is 20.2. The lowest BCUT2D eigenvalue weighted by atomic mass is 10.0. The van der Waals surface area contributed by atoms with Crippen molar-refractivity contribution in [3.63, 3.8) is 0 Å². The number of aromatic nitrogens is 3. The van der Waals surface area contributed by atoms with E-state index in [1.54, 1.807) is 24.5 Å². The fourth-order valence-corrected chi connectivity index (χ4v) is 4.84. The predicted octanol–water partition coefficient (Wildman–Crippen LogP) is 4.42. The van der Waals surface area contributed by atoms with Crippen LogP contribution >= 0.6 is 0 Å². The largest absolute Gasteiger partial charge is 0.366 e. The smallest absolute Gasteiger partial charge is 0.249 e. The number of primary amides is 1. The first kappa shape index (κ1) is 23.5. The highest BCUT2D eigenvalue weighted by atomic mass is 16.1. The molecule has 0 unspecified atom stereocenters. The maximum Gasteiger partial charge on any atom is 0.249 e. The fourth-order valence-electron chi connectivity index (χ4n) is 4.84. The molecule has 0 spiro atoms. The monoisotopic (exact) mass is 479 g/mol. The fraction of sp³-hybridized carbons (Fsp3) is 0.286. The molecule has 0 atom stereocenters. The molecule has 0 bridgehead atoms. The van der Waals surface area contributed by atoms with Crippen LogP contribution in [0.1, 0.15) is 28.8 Å². The van der Waals surface area contributed by atoms with Crippen LogP contribution in [0.5, 0.6) is 0 Å². The molecule has 5 rings (SSSR count). The van der Waals surface area contributed by atoms with E-state index in [1.165, 1.54) is 10.9 Å². The van der Waals surface area contributed by atoms with E-state index in [0.717, 1.165) is 68.6 Å². The van der Waals surface area contributed by atoms with E-state index >= 15 is 0 Å². The predicted molar refractivity (Wildman–Crippen MR) is 142 cm³/mol. The molecular formula is C28H29N7O. The van der Waals surface area contributed by atoms with Gasteiger partial charge in [0.15, 0.2) is 5.69 Å². The molecule has 1 amide bonds. The van der Waals surface area contributed by atoms with Gasteiger partial charge >= 0.3 is 0 Å². The Morgan fingerprint density at radius 3 is 2.58 bits per heavy atom. The Bertz CT molecular complexity index is 1400. The van der Waals surface area contributed by atoms with Crippen LogP contribution in [0.2, 0.25) is 0 Å². The van der Waals surface area contributed by atoms with Crippen molar-refractivity contribution >= 4 is 28.4 Å². The lowest BCUT2D eigenvalue weighted by Crippen LogP contribution is -2.47. The third-order valence-corrected chi connectivity index (χ3v) is 6.85. The van der Waals surface area contributed by atoms with Gasteiger partial charge < -0.3 is 15.6 Å². The summed E-state index contributed by atoms with van der Waals surface area (Å²) in [6.07, 6.45) is 8.88. The first-order valence-electron chi connectivity index (χ1n) is 12.3. The first-order chi connectivity index (χ1) is 17.6. The second-order valence-electron chi connectivity index (χ2n) is 9.12. The number of nitrogens with one attached hydrogen (secondary N) is 1. The van der Waals surface area contributed by atoms with E-state index in [9.17, 15) is 4.79 Å². The number of aryl methyl sites for hydroxylation is 1. The van der Waals surface area contributed by atoms with Crippen molar-refractivity contribution in [1.29, 1.82) is 0 Å². The van der Waals surface area contributed by atoms with Crippen molar-refractivity contribution in [2.45, 2.75) is 19.3 Å². The number of benzene rings is 2. The Hall–Kier alpha value is -4.22. The highest BCUT2D eigenvalue weighted by molar-refractivity contribution is 5.99. The van der Waals surface area contributed by atoms with Crippen molar-refractivity contribution in [2.24, 2.45) is 5.73 Å². The molecule has 36 heavy (non-hydrogen) atoms. The number of unbranched alkanes of at least 4 members (excludes halogenated alkanes) is 1. The second kappa shape index (κ2) is 10.6. The molecule has 0 aliphatic carbocycles. The molecule has 8 heteroatoms. The van der Waals surface area contributed by atoms with E-state index in [4.69, 9.17) is 12.3 Å². The molecule has 1 fully saturated rings. The number of carbonyl (C=O) groups is 1. The molecule has 0 radical (unpaired) electrons. The summed E-state index contributed by atoms with van der Waals surface area (Å²) in [7, 11) is 0. The summed E-state index contributed by atoms with van der Waals surface area (Å²) in [5.41, 5.74) is 10.6. The number of amides is 1.